The van der Waals surface area contributed by atoms with Crippen molar-refractivity contribution in [3.05, 3.63) is 28.2 Å². The van der Waals surface area contributed by atoms with Crippen LogP contribution in [0.5, 0.6) is 5.75 Å². The summed E-state index contributed by atoms with van der Waals surface area (Å²) in [6, 6.07) is 5.49. The Morgan fingerprint density at radius 3 is 2.73 bits per heavy atom. The van der Waals surface area contributed by atoms with Crippen LogP contribution in [0.2, 0.25) is 0 Å². The molecule has 0 aliphatic rings. The summed E-state index contributed by atoms with van der Waals surface area (Å²) in [6.07, 6.45) is 1.54. The first-order valence-corrected chi connectivity index (χ1v) is 4.88. The summed E-state index contributed by atoms with van der Waals surface area (Å²) in [5.41, 5.74) is 11.1. The zero-order valence-corrected chi connectivity index (χ0v) is 9.73. The van der Waals surface area contributed by atoms with E-state index in [1.54, 1.807) is 13.3 Å². The average Bonchev–Trinajstić information content (AvgIpc) is 2.20. The number of halogens is 1. The van der Waals surface area contributed by atoms with E-state index >= 15 is 0 Å². The van der Waals surface area contributed by atoms with Crippen LogP contribution in [0.1, 0.15) is 5.56 Å². The molecule has 0 saturated carbocycles. The summed E-state index contributed by atoms with van der Waals surface area (Å²) >= 11 is 3.37. The summed E-state index contributed by atoms with van der Waals surface area (Å²) in [4.78, 5) is 0. The quantitative estimate of drug-likeness (QED) is 0.489. The van der Waals surface area contributed by atoms with Crippen LogP contribution in [0.15, 0.2) is 32.9 Å². The summed E-state index contributed by atoms with van der Waals surface area (Å²) < 4.78 is 5.91. The Morgan fingerprint density at radius 1 is 1.47 bits per heavy atom. The van der Waals surface area contributed by atoms with Gasteiger partial charge in [-0.1, -0.05) is 0 Å². The van der Waals surface area contributed by atoms with E-state index in [-0.39, 0.29) is 5.96 Å². The number of rotatable bonds is 3. The van der Waals surface area contributed by atoms with Crippen LogP contribution < -0.4 is 16.2 Å². The van der Waals surface area contributed by atoms with E-state index in [1.165, 1.54) is 0 Å². The van der Waals surface area contributed by atoms with Gasteiger partial charge in [0, 0.05) is 10.0 Å². The second-order valence-corrected chi connectivity index (χ2v) is 3.51. The van der Waals surface area contributed by atoms with Crippen LogP contribution >= 0.6 is 15.9 Å². The molecule has 0 heterocycles. The molecule has 0 amide bonds. The smallest absolute Gasteiger partial charge is 0.211 e. The van der Waals surface area contributed by atoms with E-state index in [0.717, 1.165) is 15.8 Å². The molecule has 0 aliphatic heterocycles. The number of methoxy groups -OCH3 is 1. The van der Waals surface area contributed by atoms with Gasteiger partial charge in [-0.2, -0.15) is 5.10 Å². The second-order valence-electron chi connectivity index (χ2n) is 2.66. The Hall–Kier alpha value is -1.56. The van der Waals surface area contributed by atoms with Crippen molar-refractivity contribution in [1.29, 1.82) is 0 Å². The molecule has 15 heavy (non-hydrogen) atoms. The van der Waals surface area contributed by atoms with E-state index in [1.807, 2.05) is 18.2 Å². The molecule has 0 atom stereocenters. The van der Waals surface area contributed by atoms with Gasteiger partial charge in [0.1, 0.15) is 5.75 Å². The van der Waals surface area contributed by atoms with Crippen LogP contribution in [-0.4, -0.2) is 19.3 Å². The molecule has 1 rings (SSSR count). The zero-order chi connectivity index (χ0) is 11.3. The largest absolute Gasteiger partial charge is 0.497 e. The van der Waals surface area contributed by atoms with Gasteiger partial charge in [0.15, 0.2) is 0 Å². The predicted octanol–water partition coefficient (Wildman–Crippen LogP) is 1.07. The molecule has 0 bridgehead atoms. The van der Waals surface area contributed by atoms with Crippen LogP contribution in [-0.2, 0) is 0 Å². The summed E-state index contributed by atoms with van der Waals surface area (Å²) in [5, 5.41) is 7.19. The van der Waals surface area contributed by atoms with E-state index in [4.69, 9.17) is 16.2 Å². The SMILES string of the molecule is COc1ccc(C=NN=C(N)N)c(Br)c1. The molecule has 6 heteroatoms. The summed E-state index contributed by atoms with van der Waals surface area (Å²) in [7, 11) is 1.61. The second kappa shape index (κ2) is 5.35. The van der Waals surface area contributed by atoms with Crippen LogP contribution in [0.25, 0.3) is 0 Å². The molecule has 1 aromatic carbocycles. The molecule has 0 saturated heterocycles. The Morgan fingerprint density at radius 2 is 2.20 bits per heavy atom. The van der Waals surface area contributed by atoms with Gasteiger partial charge < -0.3 is 16.2 Å². The molecule has 0 fully saturated rings. The van der Waals surface area contributed by atoms with E-state index in [2.05, 4.69) is 26.1 Å². The topological polar surface area (TPSA) is 86.0 Å². The molecular formula is C9H11BrN4O. The molecule has 0 aromatic heterocycles. The molecule has 0 aliphatic carbocycles. The van der Waals surface area contributed by atoms with Gasteiger partial charge in [0.2, 0.25) is 5.96 Å². The fourth-order valence-electron chi connectivity index (χ4n) is 0.897. The van der Waals surface area contributed by atoms with Crippen molar-refractivity contribution in [3.63, 3.8) is 0 Å². The Balaban J connectivity index is 2.87. The lowest BCUT2D eigenvalue weighted by Crippen LogP contribution is -2.21. The molecule has 0 radical (unpaired) electrons. The van der Waals surface area contributed by atoms with Crippen molar-refractivity contribution in [2.45, 2.75) is 0 Å². The van der Waals surface area contributed by atoms with Crippen molar-refractivity contribution in [2.75, 3.05) is 7.11 Å². The number of guanidine groups is 1. The molecule has 4 N–H and O–H groups in total. The van der Waals surface area contributed by atoms with E-state index in [0.29, 0.717) is 0 Å². The number of hydrogen-bond acceptors (Lipinski definition) is 3. The van der Waals surface area contributed by atoms with Crippen molar-refractivity contribution >= 4 is 28.1 Å². The van der Waals surface area contributed by atoms with Gasteiger partial charge in [0.25, 0.3) is 0 Å². The highest BCUT2D eigenvalue weighted by molar-refractivity contribution is 9.10. The van der Waals surface area contributed by atoms with Gasteiger partial charge in [-0.25, -0.2) is 0 Å². The molecular weight excluding hydrogens is 260 g/mol. The fraction of sp³-hybridized carbons (Fsp3) is 0.111. The van der Waals surface area contributed by atoms with Gasteiger partial charge in [0.05, 0.1) is 13.3 Å². The molecule has 80 valence electrons. The minimum Gasteiger partial charge on any atom is -0.497 e. The fourth-order valence-corrected chi connectivity index (χ4v) is 1.36. The highest BCUT2D eigenvalue weighted by atomic mass is 79.9. The molecule has 5 nitrogen and oxygen atoms in total. The minimum atomic E-state index is -0.0733. The maximum atomic E-state index is 5.12. The molecule has 0 unspecified atom stereocenters. The monoisotopic (exact) mass is 270 g/mol. The lowest BCUT2D eigenvalue weighted by molar-refractivity contribution is 0.414. The average molecular weight is 271 g/mol. The number of nitrogens with two attached hydrogens (primary N) is 2. The van der Waals surface area contributed by atoms with E-state index < -0.39 is 0 Å². The third-order valence-electron chi connectivity index (χ3n) is 1.58. The lowest BCUT2D eigenvalue weighted by Gasteiger charge is -2.01. The zero-order valence-electron chi connectivity index (χ0n) is 8.14. The van der Waals surface area contributed by atoms with E-state index in [9.17, 15) is 0 Å². The Kier molecular flexibility index (Phi) is 4.11. The Bertz CT molecular complexity index is 399. The number of nitrogens with zero attached hydrogens (tertiary/aromatic N) is 2. The van der Waals surface area contributed by atoms with Crippen LogP contribution in [0, 0.1) is 0 Å². The summed E-state index contributed by atoms with van der Waals surface area (Å²) in [5.74, 6) is 0.691. The first kappa shape index (κ1) is 11.5. The highest BCUT2D eigenvalue weighted by Gasteiger charge is 1.98. The van der Waals surface area contributed by atoms with Crippen LogP contribution in [0.3, 0.4) is 0 Å². The maximum Gasteiger partial charge on any atom is 0.211 e. The minimum absolute atomic E-state index is 0.0733. The number of benzene rings is 1. The van der Waals surface area contributed by atoms with Crippen LogP contribution in [0.4, 0.5) is 0 Å². The first-order chi connectivity index (χ1) is 7.13. The van der Waals surface area contributed by atoms with Gasteiger partial charge in [-0.05, 0) is 34.1 Å². The van der Waals surface area contributed by atoms with Crippen molar-refractivity contribution in [3.8, 4) is 5.75 Å². The highest BCUT2D eigenvalue weighted by Crippen LogP contribution is 2.21. The first-order valence-electron chi connectivity index (χ1n) is 4.09. The third kappa shape index (κ3) is 3.59. The van der Waals surface area contributed by atoms with Gasteiger partial charge >= 0.3 is 0 Å². The van der Waals surface area contributed by atoms with Gasteiger partial charge in [-0.15, -0.1) is 5.10 Å². The van der Waals surface area contributed by atoms with Gasteiger partial charge in [-0.3, -0.25) is 0 Å². The number of ether oxygens (including phenoxy) is 1. The van der Waals surface area contributed by atoms with Crippen molar-refractivity contribution in [1.82, 2.24) is 0 Å². The lowest BCUT2D eigenvalue weighted by atomic mass is 10.2. The molecule has 1 aromatic rings. The predicted molar refractivity (Wildman–Crippen MR) is 64.1 cm³/mol. The van der Waals surface area contributed by atoms with Crippen molar-refractivity contribution < 1.29 is 4.74 Å². The normalized spacial score (nSPS) is 10.3. The standard InChI is InChI=1S/C9H11BrN4O/c1-15-7-3-2-6(8(10)4-7)5-13-14-9(11)12/h2-5H,1H3,(H4,11,12,14). The number of hydrogen-bond donors (Lipinski definition) is 2. The molecule has 0 spiro atoms. The Labute approximate surface area is 95.9 Å². The maximum absolute atomic E-state index is 5.12. The third-order valence-corrected chi connectivity index (χ3v) is 2.26. The van der Waals surface area contributed by atoms with Crippen molar-refractivity contribution in [2.24, 2.45) is 21.7 Å². The summed E-state index contributed by atoms with van der Waals surface area (Å²) in [6.45, 7) is 0.